The molecule has 1 aliphatic carbocycles. The molecule has 2 aromatic rings. The Hall–Kier alpha value is -2.20. The summed E-state index contributed by atoms with van der Waals surface area (Å²) in [6.45, 7) is 1.24. The smallest absolute Gasteiger partial charge is 0.318 e. The fraction of sp³-hybridized carbons (Fsp3) is 0.316. The zero-order chi connectivity index (χ0) is 16.7. The maximum Gasteiger partial charge on any atom is 0.318 e. The van der Waals surface area contributed by atoms with Crippen LogP contribution in [0.25, 0.3) is 0 Å². The molecule has 2 N–H and O–H groups in total. The van der Waals surface area contributed by atoms with E-state index >= 15 is 0 Å². The van der Waals surface area contributed by atoms with Crippen molar-refractivity contribution >= 4 is 17.6 Å². The molecule has 0 saturated carbocycles. The maximum atomic E-state index is 12.7. The Morgan fingerprint density at radius 1 is 1.17 bits per heavy atom. The molecule has 4 nitrogen and oxygen atoms in total. The first-order valence-electron chi connectivity index (χ1n) is 8.26. The highest BCUT2D eigenvalue weighted by Gasteiger charge is 2.29. The van der Waals surface area contributed by atoms with Crippen molar-refractivity contribution in [2.24, 2.45) is 0 Å². The molecule has 0 radical (unpaired) electrons. The Bertz CT molecular complexity index is 806. The molecule has 5 heteroatoms. The van der Waals surface area contributed by atoms with Gasteiger partial charge in [0.25, 0.3) is 0 Å². The lowest BCUT2D eigenvalue weighted by molar-refractivity contribution is 0.188. The number of carbonyl (C=O) groups excluding carboxylic acids is 1. The summed E-state index contributed by atoms with van der Waals surface area (Å²) in [5.41, 5.74) is 4.25. The number of nitrogens with one attached hydrogen (secondary N) is 1. The number of hydrogen-bond acceptors (Lipinski definition) is 2. The molecule has 2 aliphatic rings. The standard InChI is InChI=1S/C19H19ClN2O2/c20-16-5-1-3-12-9-10-22(11-15(12)16)19(24)21-17-8-7-14-13(17)4-2-6-18(14)23/h1-6,17,23H,7-11H2,(H,21,24). The van der Waals surface area contributed by atoms with Gasteiger partial charge in [0, 0.05) is 18.1 Å². The number of hydrogen-bond donors (Lipinski definition) is 2. The maximum absolute atomic E-state index is 12.7. The number of rotatable bonds is 1. The van der Waals surface area contributed by atoms with Gasteiger partial charge in [-0.25, -0.2) is 4.79 Å². The molecule has 1 heterocycles. The van der Waals surface area contributed by atoms with Gasteiger partial charge in [0.2, 0.25) is 0 Å². The van der Waals surface area contributed by atoms with Gasteiger partial charge in [-0.15, -0.1) is 0 Å². The van der Waals surface area contributed by atoms with Crippen molar-refractivity contribution in [3.63, 3.8) is 0 Å². The van der Waals surface area contributed by atoms with E-state index in [0.29, 0.717) is 18.8 Å². The summed E-state index contributed by atoms with van der Waals surface area (Å²) >= 11 is 6.28. The van der Waals surface area contributed by atoms with E-state index in [1.165, 1.54) is 5.56 Å². The van der Waals surface area contributed by atoms with Crippen molar-refractivity contribution in [1.82, 2.24) is 10.2 Å². The topological polar surface area (TPSA) is 52.6 Å². The van der Waals surface area contributed by atoms with Crippen LogP contribution in [0, 0.1) is 0 Å². The Morgan fingerprint density at radius 3 is 2.88 bits per heavy atom. The molecule has 4 rings (SSSR count). The van der Waals surface area contributed by atoms with Crippen molar-refractivity contribution in [3.8, 4) is 5.75 Å². The molecular formula is C19H19ClN2O2. The van der Waals surface area contributed by atoms with Gasteiger partial charge < -0.3 is 15.3 Å². The summed E-state index contributed by atoms with van der Waals surface area (Å²) in [5, 5.41) is 13.8. The van der Waals surface area contributed by atoms with E-state index in [9.17, 15) is 9.90 Å². The van der Waals surface area contributed by atoms with Crippen molar-refractivity contribution in [3.05, 3.63) is 63.7 Å². The zero-order valence-electron chi connectivity index (χ0n) is 13.3. The van der Waals surface area contributed by atoms with E-state index < -0.39 is 0 Å². The minimum absolute atomic E-state index is 0.0350. The van der Waals surface area contributed by atoms with Gasteiger partial charge in [-0.2, -0.15) is 0 Å². The molecule has 2 aromatic carbocycles. The van der Waals surface area contributed by atoms with Gasteiger partial charge in [-0.05, 0) is 53.6 Å². The number of carbonyl (C=O) groups is 1. The lowest BCUT2D eigenvalue weighted by Crippen LogP contribution is -2.43. The zero-order valence-corrected chi connectivity index (χ0v) is 14.0. The lowest BCUT2D eigenvalue weighted by Gasteiger charge is -2.30. The van der Waals surface area contributed by atoms with Crippen molar-refractivity contribution in [2.45, 2.75) is 31.8 Å². The number of phenolic OH excluding ortho intramolecular Hbond substituents is 1. The normalized spacial score (nSPS) is 18.9. The van der Waals surface area contributed by atoms with Crippen LogP contribution < -0.4 is 5.32 Å². The summed E-state index contributed by atoms with van der Waals surface area (Å²) in [6, 6.07) is 11.3. The molecule has 24 heavy (non-hydrogen) atoms. The second-order valence-corrected chi connectivity index (χ2v) is 6.84. The third-order valence-corrected chi connectivity index (χ3v) is 5.40. The molecule has 0 spiro atoms. The highest BCUT2D eigenvalue weighted by Crippen LogP contribution is 2.36. The third-order valence-electron chi connectivity index (χ3n) is 5.05. The Kier molecular flexibility index (Phi) is 3.85. The van der Waals surface area contributed by atoms with Crippen LogP contribution in [0.1, 0.15) is 34.7 Å². The number of urea groups is 1. The fourth-order valence-corrected chi connectivity index (χ4v) is 3.99. The first-order chi connectivity index (χ1) is 11.6. The second-order valence-electron chi connectivity index (χ2n) is 6.43. The van der Waals surface area contributed by atoms with Crippen LogP contribution >= 0.6 is 11.6 Å². The monoisotopic (exact) mass is 342 g/mol. The van der Waals surface area contributed by atoms with Gasteiger partial charge >= 0.3 is 6.03 Å². The van der Waals surface area contributed by atoms with Gasteiger partial charge in [-0.3, -0.25) is 0 Å². The number of benzene rings is 2. The summed E-state index contributed by atoms with van der Waals surface area (Å²) < 4.78 is 0. The van der Waals surface area contributed by atoms with Crippen molar-refractivity contribution in [1.29, 1.82) is 0 Å². The predicted molar refractivity (Wildman–Crippen MR) is 93.3 cm³/mol. The summed E-state index contributed by atoms with van der Waals surface area (Å²) in [7, 11) is 0. The number of phenols is 1. The predicted octanol–water partition coefficient (Wildman–Crippen LogP) is 3.80. The molecule has 1 unspecified atom stereocenters. The summed E-state index contributed by atoms with van der Waals surface area (Å²) in [4.78, 5) is 14.5. The summed E-state index contributed by atoms with van der Waals surface area (Å²) in [5.74, 6) is 0.322. The van der Waals surface area contributed by atoms with Crippen molar-refractivity contribution in [2.75, 3.05) is 6.54 Å². The van der Waals surface area contributed by atoms with Crippen LogP contribution in [-0.2, 0) is 19.4 Å². The van der Waals surface area contributed by atoms with E-state index in [4.69, 9.17) is 11.6 Å². The molecule has 0 fully saturated rings. The van der Waals surface area contributed by atoms with Crippen LogP contribution in [0.15, 0.2) is 36.4 Å². The molecule has 0 saturated heterocycles. The lowest BCUT2D eigenvalue weighted by atomic mass is 10.00. The van der Waals surface area contributed by atoms with Crippen LogP contribution in [0.4, 0.5) is 4.79 Å². The van der Waals surface area contributed by atoms with Gasteiger partial charge in [0.05, 0.1) is 6.04 Å². The van der Waals surface area contributed by atoms with Crippen LogP contribution in [0.5, 0.6) is 5.75 Å². The average Bonchev–Trinajstić information content (AvgIpc) is 2.99. The van der Waals surface area contributed by atoms with E-state index in [-0.39, 0.29) is 12.1 Å². The number of fused-ring (bicyclic) bond motifs is 2. The van der Waals surface area contributed by atoms with Crippen LogP contribution in [-0.4, -0.2) is 22.6 Å². The number of aromatic hydroxyl groups is 1. The van der Waals surface area contributed by atoms with Crippen LogP contribution in [0.3, 0.4) is 0 Å². The van der Waals surface area contributed by atoms with Gasteiger partial charge in [-0.1, -0.05) is 35.9 Å². The summed E-state index contributed by atoms with van der Waals surface area (Å²) in [6.07, 6.45) is 2.44. The van der Waals surface area contributed by atoms with E-state index in [1.54, 1.807) is 6.07 Å². The first kappa shape index (κ1) is 15.3. The molecule has 0 bridgehead atoms. The first-order valence-corrected chi connectivity index (χ1v) is 8.64. The minimum atomic E-state index is -0.0678. The molecule has 1 aliphatic heterocycles. The molecule has 1 atom stereocenters. The van der Waals surface area contributed by atoms with Crippen molar-refractivity contribution < 1.29 is 9.90 Å². The third kappa shape index (κ3) is 2.61. The number of halogens is 1. The van der Waals surface area contributed by atoms with Gasteiger partial charge in [0.15, 0.2) is 0 Å². The van der Waals surface area contributed by atoms with Gasteiger partial charge in [0.1, 0.15) is 5.75 Å². The minimum Gasteiger partial charge on any atom is -0.508 e. The fourth-order valence-electron chi connectivity index (χ4n) is 3.74. The Morgan fingerprint density at radius 2 is 2.00 bits per heavy atom. The molecule has 2 amide bonds. The second kappa shape index (κ2) is 6.02. The SMILES string of the molecule is O=C(NC1CCc2c(O)cccc21)N1CCc2cccc(Cl)c2C1. The average molecular weight is 343 g/mol. The highest BCUT2D eigenvalue weighted by molar-refractivity contribution is 6.31. The quantitative estimate of drug-likeness (QED) is 0.828. The highest BCUT2D eigenvalue weighted by atomic mass is 35.5. The van der Waals surface area contributed by atoms with E-state index in [1.807, 2.05) is 29.2 Å². The Labute approximate surface area is 146 Å². The largest absolute Gasteiger partial charge is 0.508 e. The number of nitrogens with zero attached hydrogens (tertiary/aromatic N) is 1. The van der Waals surface area contributed by atoms with E-state index in [0.717, 1.165) is 41.0 Å². The molecular weight excluding hydrogens is 324 g/mol. The van der Waals surface area contributed by atoms with E-state index in [2.05, 4.69) is 11.4 Å². The van der Waals surface area contributed by atoms with Crippen LogP contribution in [0.2, 0.25) is 5.02 Å². The molecule has 0 aromatic heterocycles. The molecule has 124 valence electrons. The number of amides is 2. The Balaban J connectivity index is 1.49.